The van der Waals surface area contributed by atoms with Gasteiger partial charge in [0.25, 0.3) is 0 Å². The smallest absolute Gasteiger partial charge is 0.462 e. The second-order valence-electron chi connectivity index (χ2n) is 25.2. The molecule has 0 aliphatic rings. The Labute approximate surface area is 617 Å². The molecule has 0 aromatic rings. The van der Waals surface area contributed by atoms with Crippen molar-refractivity contribution >= 4 is 39.5 Å². The molecule has 3 N–H and O–H groups in total. The van der Waals surface area contributed by atoms with Crippen LogP contribution in [0, 0.1) is 0 Å². The third kappa shape index (κ3) is 73.0. The second-order valence-corrected chi connectivity index (χ2v) is 28.1. The van der Waals surface area contributed by atoms with Crippen molar-refractivity contribution in [2.75, 3.05) is 39.6 Å². The van der Waals surface area contributed by atoms with Crippen molar-refractivity contribution in [2.24, 2.45) is 0 Å². The molecular weight excluding hydrogens is 1330 g/mol. The van der Waals surface area contributed by atoms with Gasteiger partial charge in [-0.05, 0) is 141 Å². The van der Waals surface area contributed by atoms with Crippen molar-refractivity contribution in [3.8, 4) is 0 Å². The van der Waals surface area contributed by atoms with E-state index < -0.39 is 97.5 Å². The van der Waals surface area contributed by atoms with Crippen LogP contribution in [0.5, 0.6) is 0 Å². The number of hydrogen-bond donors (Lipinski definition) is 3. The van der Waals surface area contributed by atoms with Crippen LogP contribution in [-0.4, -0.2) is 96.7 Å². The van der Waals surface area contributed by atoms with Gasteiger partial charge in [-0.15, -0.1) is 0 Å². The summed E-state index contributed by atoms with van der Waals surface area (Å²) < 4.78 is 68.3. The molecular formula is C83H136O17P2. The number of hydrogen-bond acceptors (Lipinski definition) is 15. The lowest BCUT2D eigenvalue weighted by Crippen LogP contribution is -2.30. The summed E-state index contributed by atoms with van der Waals surface area (Å²) in [6.07, 6.45) is 85.6. The molecule has 0 saturated carbocycles. The van der Waals surface area contributed by atoms with E-state index in [1.165, 1.54) is 64.2 Å². The summed E-state index contributed by atoms with van der Waals surface area (Å²) >= 11 is 0. The zero-order valence-corrected chi connectivity index (χ0v) is 65.0. The van der Waals surface area contributed by atoms with Gasteiger partial charge in [0.15, 0.2) is 12.2 Å². The molecule has 0 aromatic heterocycles. The van der Waals surface area contributed by atoms with E-state index in [9.17, 15) is 43.2 Å². The summed E-state index contributed by atoms with van der Waals surface area (Å²) in [4.78, 5) is 72.8. The third-order valence-corrected chi connectivity index (χ3v) is 17.4. The van der Waals surface area contributed by atoms with Crippen LogP contribution in [0.1, 0.15) is 285 Å². The Balaban J connectivity index is 5.49. The monoisotopic (exact) mass is 1470 g/mol. The van der Waals surface area contributed by atoms with Crippen LogP contribution in [0.2, 0.25) is 0 Å². The minimum Gasteiger partial charge on any atom is -0.462 e. The summed E-state index contributed by atoms with van der Waals surface area (Å²) in [5.74, 6) is -2.45. The first-order chi connectivity index (χ1) is 49.7. The molecule has 0 aliphatic carbocycles. The molecule has 580 valence electrons. The Hall–Kier alpha value is -5.32. The van der Waals surface area contributed by atoms with Crippen LogP contribution in [0.3, 0.4) is 0 Å². The summed E-state index contributed by atoms with van der Waals surface area (Å²) in [5.41, 5.74) is 0. The van der Waals surface area contributed by atoms with Gasteiger partial charge < -0.3 is 33.8 Å². The molecule has 0 aliphatic heterocycles. The van der Waals surface area contributed by atoms with Gasteiger partial charge in [-0.25, -0.2) is 9.13 Å². The lowest BCUT2D eigenvalue weighted by Gasteiger charge is -2.21. The highest BCUT2D eigenvalue weighted by atomic mass is 31.2. The maximum atomic E-state index is 13.1. The van der Waals surface area contributed by atoms with E-state index in [2.05, 4.69) is 143 Å². The van der Waals surface area contributed by atoms with Crippen LogP contribution < -0.4 is 0 Å². The normalized spacial score (nSPS) is 14.8. The van der Waals surface area contributed by atoms with Crippen molar-refractivity contribution in [1.29, 1.82) is 0 Å². The van der Waals surface area contributed by atoms with Crippen LogP contribution in [0.15, 0.2) is 158 Å². The zero-order chi connectivity index (χ0) is 74.6. The highest BCUT2D eigenvalue weighted by molar-refractivity contribution is 7.47. The Morgan fingerprint density at radius 2 is 0.569 bits per heavy atom. The Kier molecular flexibility index (Phi) is 70.1. The topological polar surface area (TPSA) is 237 Å². The van der Waals surface area contributed by atoms with Crippen LogP contribution in [0.25, 0.3) is 0 Å². The standard InChI is InChI=1S/C83H136O17P2/c1-5-9-13-17-21-25-29-33-36-37-38-39-42-45-48-52-56-60-64-68-81(86)94-73-78(99-82(87)69-65-61-57-53-49-43-32-28-24-20-16-12-8-4)75-97-101(89,90)95-71-77(84)72-96-102(91,92)98-76-79(100-83(88)70-66-62-58-54-50-46-41-35-31-27-23-19-15-11-7-3)74-93-80(85)67-63-59-55-51-47-44-40-34-30-26-22-18-14-10-6-2/h9-10,13-14,21-22,25-26,28,32-36,38-41,45,47-48,51,56,59-60,63,77-79,84H,5-8,11-12,15-20,23-24,27,29-31,37,42-44,46,49-50,52-55,57-58,61-62,64-76H2,1-4H3,(H,89,90)(H,91,92)/b13-9-,14-10-,25-21-,26-22-,32-28-,36-33-,39-38-,40-34-,41-35-,48-45-,51-47-,60-56-,63-59-. The second kappa shape index (κ2) is 74.0. The predicted octanol–water partition coefficient (Wildman–Crippen LogP) is 22.4. The molecule has 0 spiro atoms. The van der Waals surface area contributed by atoms with Crippen LogP contribution >= 0.6 is 15.6 Å². The number of esters is 4. The highest BCUT2D eigenvalue weighted by Crippen LogP contribution is 2.45. The van der Waals surface area contributed by atoms with Crippen molar-refractivity contribution in [3.63, 3.8) is 0 Å². The number of rotatable bonds is 71. The molecule has 0 aromatic carbocycles. The van der Waals surface area contributed by atoms with E-state index >= 15 is 0 Å². The lowest BCUT2D eigenvalue weighted by molar-refractivity contribution is -0.161. The van der Waals surface area contributed by atoms with Crippen molar-refractivity contribution in [2.45, 2.75) is 303 Å². The average molecular weight is 1470 g/mol. The Morgan fingerprint density at radius 1 is 0.294 bits per heavy atom. The number of unbranched alkanes of at least 4 members (excludes halogenated alkanes) is 20. The number of allylic oxidation sites excluding steroid dienone is 25. The van der Waals surface area contributed by atoms with E-state index in [4.69, 9.17) is 37.0 Å². The fourth-order valence-corrected chi connectivity index (χ4v) is 11.2. The van der Waals surface area contributed by atoms with E-state index in [-0.39, 0.29) is 25.7 Å². The molecule has 5 unspecified atom stereocenters. The predicted molar refractivity (Wildman–Crippen MR) is 417 cm³/mol. The molecule has 0 amide bonds. The summed E-state index contributed by atoms with van der Waals surface area (Å²) in [5, 5.41) is 10.6. The maximum absolute atomic E-state index is 13.1. The minimum atomic E-state index is -5.01. The number of phosphoric acid groups is 2. The van der Waals surface area contributed by atoms with E-state index in [0.29, 0.717) is 32.1 Å². The fraction of sp³-hybridized carbons (Fsp3) is 0.639. The van der Waals surface area contributed by atoms with E-state index in [0.717, 1.165) is 135 Å². The largest absolute Gasteiger partial charge is 0.472 e. The molecule has 0 radical (unpaired) electrons. The molecule has 102 heavy (non-hydrogen) atoms. The molecule has 0 fully saturated rings. The van der Waals surface area contributed by atoms with Gasteiger partial charge in [0.1, 0.15) is 19.3 Å². The van der Waals surface area contributed by atoms with Gasteiger partial charge in [-0.1, -0.05) is 276 Å². The molecule has 0 saturated heterocycles. The number of phosphoric ester groups is 2. The zero-order valence-electron chi connectivity index (χ0n) is 63.2. The quantitative estimate of drug-likeness (QED) is 0.0169. The fourth-order valence-electron chi connectivity index (χ4n) is 9.66. The summed E-state index contributed by atoms with van der Waals surface area (Å²) in [6.45, 7) is 4.39. The molecule has 17 nitrogen and oxygen atoms in total. The molecule has 19 heteroatoms. The van der Waals surface area contributed by atoms with E-state index in [1.807, 2.05) is 36.5 Å². The van der Waals surface area contributed by atoms with Crippen molar-refractivity contribution in [3.05, 3.63) is 158 Å². The SMILES string of the molecule is CC/C=C\C/C=C\C/C=C\C/C=C\C/C=C\C/C=C\CCC(=O)OCC(COP(=O)(O)OCC(O)COP(=O)(O)OCC(COC(=O)C/C=C\C/C=C\C/C=C\C/C=C\C/C=C\CC)OC(=O)CCCCCCC/C=C\CCCCCCCC)OC(=O)CCCCCCC/C=C\CCCCCC. The minimum absolute atomic E-state index is 0.0283. The third-order valence-electron chi connectivity index (χ3n) is 15.5. The average Bonchev–Trinajstić information content (AvgIpc) is 0.908. The van der Waals surface area contributed by atoms with Gasteiger partial charge in [-0.3, -0.25) is 37.3 Å². The number of aliphatic hydroxyl groups excluding tert-OH is 1. The van der Waals surface area contributed by atoms with E-state index in [1.54, 1.807) is 6.08 Å². The van der Waals surface area contributed by atoms with Crippen molar-refractivity contribution in [1.82, 2.24) is 0 Å². The van der Waals surface area contributed by atoms with Gasteiger partial charge in [0, 0.05) is 19.3 Å². The first kappa shape index (κ1) is 96.7. The Bertz CT molecular complexity index is 2550. The molecule has 0 heterocycles. The number of ether oxygens (including phenoxy) is 4. The van der Waals surface area contributed by atoms with Gasteiger partial charge in [0.2, 0.25) is 0 Å². The van der Waals surface area contributed by atoms with Crippen LogP contribution in [-0.2, 0) is 65.4 Å². The maximum Gasteiger partial charge on any atom is 0.472 e. The van der Waals surface area contributed by atoms with Gasteiger partial charge in [-0.2, -0.15) is 0 Å². The summed E-state index contributed by atoms with van der Waals surface area (Å²) in [6, 6.07) is 0. The number of aliphatic hydroxyl groups is 1. The molecule has 5 atom stereocenters. The molecule has 0 rings (SSSR count). The van der Waals surface area contributed by atoms with Gasteiger partial charge in [0.05, 0.1) is 32.8 Å². The molecule has 0 bridgehead atoms. The lowest BCUT2D eigenvalue weighted by atomic mass is 10.1. The van der Waals surface area contributed by atoms with Crippen molar-refractivity contribution < 1.29 is 80.2 Å². The Morgan fingerprint density at radius 3 is 0.922 bits per heavy atom. The highest BCUT2D eigenvalue weighted by Gasteiger charge is 2.30. The first-order valence-electron chi connectivity index (χ1n) is 38.7. The first-order valence-corrected chi connectivity index (χ1v) is 41.7. The summed E-state index contributed by atoms with van der Waals surface area (Å²) in [7, 11) is -10.0. The van der Waals surface area contributed by atoms with Crippen LogP contribution in [0.4, 0.5) is 0 Å². The van der Waals surface area contributed by atoms with Gasteiger partial charge >= 0.3 is 39.5 Å². The number of carbonyl (C=O) groups is 4. The number of carbonyl (C=O) groups excluding carboxylic acids is 4.